The summed E-state index contributed by atoms with van der Waals surface area (Å²) in [5, 5.41) is 7.77. The van der Waals surface area contributed by atoms with Crippen LogP contribution in [0.3, 0.4) is 0 Å². The number of nitrogens with zero attached hydrogens (tertiary/aromatic N) is 3. The van der Waals surface area contributed by atoms with E-state index in [1.54, 1.807) is 18.0 Å². The molecule has 0 bridgehead atoms. The third kappa shape index (κ3) is 4.06. The van der Waals surface area contributed by atoms with Crippen molar-refractivity contribution in [3.63, 3.8) is 0 Å². The number of piperidine rings is 1. The molecule has 1 saturated heterocycles. The van der Waals surface area contributed by atoms with Gasteiger partial charge in [-0.25, -0.2) is 0 Å². The van der Waals surface area contributed by atoms with Gasteiger partial charge < -0.3 is 9.64 Å². The van der Waals surface area contributed by atoms with Gasteiger partial charge in [0.05, 0.1) is 5.56 Å². The lowest BCUT2D eigenvalue weighted by Gasteiger charge is -2.32. The summed E-state index contributed by atoms with van der Waals surface area (Å²) in [4.78, 5) is 15.8. The Morgan fingerprint density at radius 1 is 1.25 bits per heavy atom. The van der Waals surface area contributed by atoms with Crippen LogP contribution in [-0.4, -0.2) is 46.0 Å². The molecule has 2 heterocycles. The number of rotatable bonds is 5. The molecule has 1 aliphatic rings. The zero-order valence-corrected chi connectivity index (χ0v) is 14.5. The van der Waals surface area contributed by atoms with Crippen molar-refractivity contribution in [1.82, 2.24) is 15.1 Å². The first kappa shape index (κ1) is 16.8. The van der Waals surface area contributed by atoms with Gasteiger partial charge in [0, 0.05) is 43.1 Å². The zero-order valence-electron chi connectivity index (χ0n) is 13.7. The maximum atomic E-state index is 12.8. The molecule has 1 aliphatic heterocycles. The average molecular weight is 343 g/mol. The van der Waals surface area contributed by atoms with Crippen molar-refractivity contribution in [2.45, 2.75) is 30.8 Å². The fourth-order valence-corrected chi connectivity index (χ4v) is 3.59. The largest absolute Gasteiger partial charge is 0.473 e. The third-order valence-corrected chi connectivity index (χ3v) is 4.94. The van der Waals surface area contributed by atoms with Crippen LogP contribution in [0.5, 0.6) is 5.88 Å². The lowest BCUT2D eigenvalue weighted by molar-refractivity contribution is 0.0583. The van der Waals surface area contributed by atoms with E-state index >= 15 is 0 Å². The van der Waals surface area contributed by atoms with Crippen molar-refractivity contribution in [2.24, 2.45) is 0 Å². The number of thioether (sulfide) groups is 1. The quantitative estimate of drug-likeness (QED) is 0.780. The second-order valence-corrected chi connectivity index (χ2v) is 6.91. The van der Waals surface area contributed by atoms with Gasteiger partial charge in [0.15, 0.2) is 0 Å². The summed E-state index contributed by atoms with van der Waals surface area (Å²) in [5.41, 5.74) is 0.803. The number of benzene rings is 1. The third-order valence-electron chi connectivity index (χ3n) is 3.98. The van der Waals surface area contributed by atoms with E-state index < -0.39 is 0 Å². The van der Waals surface area contributed by atoms with E-state index in [1.165, 1.54) is 0 Å². The molecule has 24 heavy (non-hydrogen) atoms. The molecule has 5 nitrogen and oxygen atoms in total. The predicted octanol–water partition coefficient (Wildman–Crippen LogP) is 3.27. The molecule has 1 aromatic heterocycles. The van der Waals surface area contributed by atoms with Gasteiger partial charge in [0.25, 0.3) is 5.91 Å². The van der Waals surface area contributed by atoms with Gasteiger partial charge in [-0.2, -0.15) is 5.10 Å². The summed E-state index contributed by atoms with van der Waals surface area (Å²) in [7, 11) is 0. The minimum Gasteiger partial charge on any atom is -0.473 e. The highest BCUT2D eigenvalue weighted by Gasteiger charge is 2.26. The Balaban J connectivity index is 1.59. The van der Waals surface area contributed by atoms with Gasteiger partial charge in [0.2, 0.25) is 5.88 Å². The fraction of sp³-hybridized carbons (Fsp3) is 0.389. The van der Waals surface area contributed by atoms with Gasteiger partial charge in [0.1, 0.15) is 6.10 Å². The lowest BCUT2D eigenvalue weighted by Crippen LogP contribution is -2.42. The van der Waals surface area contributed by atoms with Crippen LogP contribution >= 0.6 is 11.8 Å². The normalized spacial score (nSPS) is 15.3. The number of ether oxygens (including phenoxy) is 1. The van der Waals surface area contributed by atoms with Gasteiger partial charge in [-0.15, -0.1) is 16.9 Å². The van der Waals surface area contributed by atoms with Crippen LogP contribution in [0.4, 0.5) is 0 Å². The van der Waals surface area contributed by atoms with Crippen LogP contribution in [0.1, 0.15) is 30.1 Å². The molecular formula is C18H21N3O2S. The summed E-state index contributed by atoms with van der Waals surface area (Å²) >= 11 is 1.71. The minimum atomic E-state index is 0.0889. The first-order valence-electron chi connectivity index (χ1n) is 8.23. The van der Waals surface area contributed by atoms with E-state index in [1.807, 2.05) is 41.3 Å². The highest BCUT2D eigenvalue weighted by atomic mass is 32.2. The molecule has 0 N–H and O–H groups in total. The van der Waals surface area contributed by atoms with Crippen LogP contribution in [0.25, 0.3) is 0 Å². The van der Waals surface area contributed by atoms with Gasteiger partial charge in [-0.3, -0.25) is 4.79 Å². The maximum Gasteiger partial charge on any atom is 0.254 e. The number of amides is 1. The lowest BCUT2D eigenvalue weighted by atomic mass is 10.1. The van der Waals surface area contributed by atoms with Gasteiger partial charge in [-0.1, -0.05) is 19.1 Å². The number of hydrogen-bond acceptors (Lipinski definition) is 5. The molecule has 3 rings (SSSR count). The van der Waals surface area contributed by atoms with Crippen molar-refractivity contribution in [3.05, 3.63) is 48.2 Å². The van der Waals surface area contributed by atoms with Crippen molar-refractivity contribution < 1.29 is 9.53 Å². The molecular weight excluding hydrogens is 322 g/mol. The Labute approximate surface area is 146 Å². The Morgan fingerprint density at radius 2 is 2.04 bits per heavy atom. The molecule has 6 heteroatoms. The predicted molar refractivity (Wildman–Crippen MR) is 94.4 cm³/mol. The van der Waals surface area contributed by atoms with Crippen molar-refractivity contribution >= 4 is 17.7 Å². The molecule has 0 atom stereocenters. The summed E-state index contributed by atoms with van der Waals surface area (Å²) in [6.07, 6.45) is 3.34. The molecule has 126 valence electrons. The van der Waals surface area contributed by atoms with Crippen LogP contribution in [0, 0.1) is 0 Å². The summed E-state index contributed by atoms with van der Waals surface area (Å²) in [6.45, 7) is 3.50. The molecule has 0 unspecified atom stereocenters. The average Bonchev–Trinajstić information content (AvgIpc) is 2.63. The van der Waals surface area contributed by atoms with E-state index in [2.05, 4.69) is 17.1 Å². The molecule has 0 radical (unpaired) electrons. The minimum absolute atomic E-state index is 0.0889. The number of carbonyl (C=O) groups excluding carboxylic acids is 1. The van der Waals surface area contributed by atoms with Gasteiger partial charge >= 0.3 is 0 Å². The maximum absolute atomic E-state index is 12.8. The number of carbonyl (C=O) groups is 1. The number of hydrogen-bond donors (Lipinski definition) is 0. The smallest absolute Gasteiger partial charge is 0.254 e. The Hall–Kier alpha value is -2.08. The Kier molecular flexibility index (Phi) is 5.69. The molecule has 0 spiro atoms. The topological polar surface area (TPSA) is 55.3 Å². The van der Waals surface area contributed by atoms with Crippen molar-refractivity contribution in [2.75, 3.05) is 18.8 Å². The van der Waals surface area contributed by atoms with Crippen molar-refractivity contribution in [1.29, 1.82) is 0 Å². The SMILES string of the molecule is CCSc1ccccc1C(=O)N1CCC(Oc2cccnn2)CC1. The first-order valence-corrected chi connectivity index (χ1v) is 9.22. The molecule has 1 fully saturated rings. The van der Waals surface area contributed by atoms with Crippen LogP contribution in [0.2, 0.25) is 0 Å². The monoisotopic (exact) mass is 343 g/mol. The second-order valence-electron chi connectivity index (χ2n) is 5.60. The van der Waals surface area contributed by atoms with Gasteiger partial charge in [-0.05, 0) is 24.0 Å². The van der Waals surface area contributed by atoms with E-state index in [-0.39, 0.29) is 12.0 Å². The van der Waals surface area contributed by atoms with E-state index in [0.29, 0.717) is 19.0 Å². The standard InChI is InChI=1S/C18H21N3O2S/c1-2-24-16-7-4-3-6-15(16)18(22)21-12-9-14(10-13-21)23-17-8-5-11-19-20-17/h3-8,11,14H,2,9-10,12-13H2,1H3. The number of likely N-dealkylation sites (tertiary alicyclic amines) is 1. The van der Waals surface area contributed by atoms with Crippen LogP contribution < -0.4 is 4.74 Å². The summed E-state index contributed by atoms with van der Waals surface area (Å²) in [6, 6.07) is 11.5. The Bertz CT molecular complexity index is 673. The first-order chi connectivity index (χ1) is 11.8. The van der Waals surface area contributed by atoms with E-state index in [0.717, 1.165) is 29.1 Å². The highest BCUT2D eigenvalue weighted by Crippen LogP contribution is 2.25. The molecule has 0 aliphatic carbocycles. The highest BCUT2D eigenvalue weighted by molar-refractivity contribution is 7.99. The molecule has 0 saturated carbocycles. The Morgan fingerprint density at radius 3 is 2.75 bits per heavy atom. The van der Waals surface area contributed by atoms with Crippen LogP contribution in [-0.2, 0) is 0 Å². The fourth-order valence-electron chi connectivity index (χ4n) is 2.79. The van der Waals surface area contributed by atoms with Crippen LogP contribution in [0.15, 0.2) is 47.5 Å². The number of aromatic nitrogens is 2. The van der Waals surface area contributed by atoms with Crippen molar-refractivity contribution in [3.8, 4) is 5.88 Å². The zero-order chi connectivity index (χ0) is 16.8. The molecule has 2 aromatic rings. The summed E-state index contributed by atoms with van der Waals surface area (Å²) < 4.78 is 5.84. The summed E-state index contributed by atoms with van der Waals surface area (Å²) in [5.74, 6) is 1.62. The molecule has 1 amide bonds. The van der Waals surface area contributed by atoms with E-state index in [4.69, 9.17) is 4.74 Å². The second kappa shape index (κ2) is 8.15. The van der Waals surface area contributed by atoms with E-state index in [9.17, 15) is 4.79 Å². The molecule has 1 aromatic carbocycles.